The highest BCUT2D eigenvalue weighted by Gasteiger charge is 2.64. The van der Waals surface area contributed by atoms with Crippen molar-refractivity contribution in [1.29, 1.82) is 0 Å². The molecule has 6 atom stereocenters. The van der Waals surface area contributed by atoms with Crippen LogP contribution in [0.3, 0.4) is 0 Å². The maximum absolute atomic E-state index is 12.2. The predicted octanol–water partition coefficient (Wildman–Crippen LogP) is -3.09. The number of hydrogen-bond donors (Lipinski definition) is 6. The van der Waals surface area contributed by atoms with E-state index < -0.39 is 42.0 Å². The topological polar surface area (TPSA) is 161 Å². The second kappa shape index (κ2) is 6.33. The van der Waals surface area contributed by atoms with Gasteiger partial charge in [0.2, 0.25) is 5.91 Å². The number of carbonyl (C=O) groups is 1. The molecule has 3 heterocycles. The number of hydrogen-bond acceptors (Lipinski definition) is 9. The van der Waals surface area contributed by atoms with Crippen LogP contribution in [0.5, 0.6) is 0 Å². The summed E-state index contributed by atoms with van der Waals surface area (Å²) in [5.41, 5.74) is 4.47. The molecule has 0 saturated carbocycles. The van der Waals surface area contributed by atoms with E-state index in [0.29, 0.717) is 10.8 Å². The van der Waals surface area contributed by atoms with Gasteiger partial charge in [0.25, 0.3) is 0 Å². The normalized spacial score (nSPS) is 37.2. The standard InChI is InChI=1S/C14H20N4O6/c15-8(12(21)17-5-7-3-1-2-4-16-7)9-10(19)14(22)6-24-13(11(14)20)18(9)23/h1-4,8-11,13,19-20,22-23H,5-6,15H2,(H,17,21). The van der Waals surface area contributed by atoms with E-state index in [9.17, 15) is 25.3 Å². The molecule has 10 nitrogen and oxygen atoms in total. The van der Waals surface area contributed by atoms with Gasteiger partial charge < -0.3 is 36.3 Å². The van der Waals surface area contributed by atoms with Gasteiger partial charge in [-0.2, -0.15) is 5.06 Å². The Morgan fingerprint density at radius 3 is 2.92 bits per heavy atom. The number of ether oxygens (including phenoxy) is 1. The SMILES string of the molecule is NC(C(=O)NCc1ccccn1)C1C(O)C2(O)COC(C2O)N1O. The largest absolute Gasteiger partial charge is 0.388 e. The average molecular weight is 340 g/mol. The van der Waals surface area contributed by atoms with Crippen molar-refractivity contribution in [1.82, 2.24) is 15.4 Å². The average Bonchev–Trinajstić information content (AvgIpc) is 2.84. The van der Waals surface area contributed by atoms with E-state index in [1.807, 2.05) is 0 Å². The molecule has 6 unspecified atom stereocenters. The minimum Gasteiger partial charge on any atom is -0.388 e. The summed E-state index contributed by atoms with van der Waals surface area (Å²) >= 11 is 0. The Morgan fingerprint density at radius 2 is 2.25 bits per heavy atom. The molecule has 2 saturated heterocycles. The molecular weight excluding hydrogens is 320 g/mol. The molecule has 10 heteroatoms. The summed E-state index contributed by atoms with van der Waals surface area (Å²) in [6.07, 6.45) is -2.88. The van der Waals surface area contributed by atoms with Gasteiger partial charge in [-0.25, -0.2) is 0 Å². The molecule has 1 aromatic rings. The lowest BCUT2D eigenvalue weighted by molar-refractivity contribution is -0.296. The first-order chi connectivity index (χ1) is 11.4. The summed E-state index contributed by atoms with van der Waals surface area (Å²) in [6.45, 7) is -0.260. The van der Waals surface area contributed by atoms with Gasteiger partial charge >= 0.3 is 0 Å². The van der Waals surface area contributed by atoms with Crippen molar-refractivity contribution in [3.8, 4) is 0 Å². The first-order valence-corrected chi connectivity index (χ1v) is 7.47. The summed E-state index contributed by atoms with van der Waals surface area (Å²) in [5, 5.41) is 43.7. The third-order valence-electron chi connectivity index (χ3n) is 4.51. The van der Waals surface area contributed by atoms with Crippen LogP contribution in [-0.4, -0.2) is 79.2 Å². The van der Waals surface area contributed by atoms with Crippen molar-refractivity contribution in [2.45, 2.75) is 42.7 Å². The van der Waals surface area contributed by atoms with E-state index in [-0.39, 0.29) is 13.2 Å². The van der Waals surface area contributed by atoms with Gasteiger partial charge in [0, 0.05) is 6.20 Å². The molecule has 7 N–H and O–H groups in total. The Morgan fingerprint density at radius 1 is 1.50 bits per heavy atom. The van der Waals surface area contributed by atoms with E-state index in [4.69, 9.17) is 10.5 Å². The lowest BCUT2D eigenvalue weighted by Gasteiger charge is -2.46. The van der Waals surface area contributed by atoms with E-state index in [1.54, 1.807) is 24.4 Å². The third kappa shape index (κ3) is 2.67. The lowest BCUT2D eigenvalue weighted by Crippen LogP contribution is -2.73. The first kappa shape index (κ1) is 17.2. The minimum atomic E-state index is -1.99. The van der Waals surface area contributed by atoms with E-state index in [0.717, 1.165) is 0 Å². The van der Waals surface area contributed by atoms with Crippen molar-refractivity contribution in [3.05, 3.63) is 30.1 Å². The Hall–Kier alpha value is -1.66. The van der Waals surface area contributed by atoms with Crippen LogP contribution in [0.4, 0.5) is 0 Å². The summed E-state index contributed by atoms with van der Waals surface area (Å²) in [5.74, 6) is -0.650. The number of aromatic nitrogens is 1. The molecule has 2 fully saturated rings. The van der Waals surface area contributed by atoms with Crippen LogP contribution < -0.4 is 11.1 Å². The van der Waals surface area contributed by atoms with Gasteiger partial charge in [0.15, 0.2) is 6.23 Å². The second-order valence-corrected chi connectivity index (χ2v) is 6.02. The highest BCUT2D eigenvalue weighted by atomic mass is 16.6. The van der Waals surface area contributed by atoms with Gasteiger partial charge in [-0.15, -0.1) is 0 Å². The molecule has 0 aromatic carbocycles. The number of rotatable bonds is 4. The van der Waals surface area contributed by atoms with E-state index in [2.05, 4.69) is 10.3 Å². The fourth-order valence-electron chi connectivity index (χ4n) is 3.05. The molecule has 2 aliphatic rings. The van der Waals surface area contributed by atoms with Gasteiger partial charge in [0.05, 0.1) is 24.9 Å². The molecule has 2 bridgehead atoms. The van der Waals surface area contributed by atoms with Crippen LogP contribution in [-0.2, 0) is 16.1 Å². The number of hydroxylamine groups is 2. The highest BCUT2D eigenvalue weighted by Crippen LogP contribution is 2.38. The molecule has 1 aromatic heterocycles. The van der Waals surface area contributed by atoms with Gasteiger partial charge in [-0.05, 0) is 12.1 Å². The van der Waals surface area contributed by atoms with E-state index >= 15 is 0 Å². The summed E-state index contributed by atoms with van der Waals surface area (Å²) in [6, 6.07) is 2.51. The van der Waals surface area contributed by atoms with Crippen molar-refractivity contribution in [2.75, 3.05) is 6.61 Å². The maximum Gasteiger partial charge on any atom is 0.239 e. The van der Waals surface area contributed by atoms with Crippen LogP contribution in [0.1, 0.15) is 5.69 Å². The number of nitrogens with one attached hydrogen (secondary N) is 1. The van der Waals surface area contributed by atoms with Crippen molar-refractivity contribution in [3.63, 3.8) is 0 Å². The van der Waals surface area contributed by atoms with Crippen LogP contribution in [0.2, 0.25) is 0 Å². The molecule has 1 amide bonds. The number of carbonyl (C=O) groups excluding carboxylic acids is 1. The van der Waals surface area contributed by atoms with Crippen LogP contribution in [0, 0.1) is 0 Å². The fraction of sp³-hybridized carbons (Fsp3) is 0.571. The molecule has 0 aliphatic carbocycles. The molecule has 0 radical (unpaired) electrons. The zero-order valence-electron chi connectivity index (χ0n) is 12.7. The maximum atomic E-state index is 12.2. The van der Waals surface area contributed by atoms with Crippen LogP contribution in [0.25, 0.3) is 0 Å². The van der Waals surface area contributed by atoms with Crippen LogP contribution in [0.15, 0.2) is 24.4 Å². The molecule has 24 heavy (non-hydrogen) atoms. The number of fused-ring (bicyclic) bond motifs is 2. The van der Waals surface area contributed by atoms with Crippen molar-refractivity contribution in [2.24, 2.45) is 5.73 Å². The van der Waals surface area contributed by atoms with E-state index in [1.165, 1.54) is 0 Å². The monoisotopic (exact) mass is 340 g/mol. The zero-order valence-corrected chi connectivity index (χ0v) is 12.7. The number of nitrogens with two attached hydrogens (primary N) is 1. The Labute approximate surface area is 137 Å². The predicted molar refractivity (Wildman–Crippen MR) is 78.2 cm³/mol. The number of aliphatic hydroxyl groups excluding tert-OH is 2. The molecule has 2 aliphatic heterocycles. The Kier molecular flexibility index (Phi) is 4.53. The zero-order chi connectivity index (χ0) is 17.5. The van der Waals surface area contributed by atoms with Gasteiger partial charge in [0.1, 0.15) is 23.9 Å². The second-order valence-electron chi connectivity index (χ2n) is 6.02. The molecule has 3 rings (SSSR count). The number of aliphatic hydroxyl groups is 3. The van der Waals surface area contributed by atoms with Gasteiger partial charge in [-0.3, -0.25) is 9.78 Å². The number of pyridine rings is 1. The first-order valence-electron chi connectivity index (χ1n) is 7.47. The molecular formula is C14H20N4O6. The minimum absolute atomic E-state index is 0.119. The number of nitrogens with zero attached hydrogens (tertiary/aromatic N) is 2. The summed E-state index contributed by atoms with van der Waals surface area (Å²) in [7, 11) is 0. The highest BCUT2D eigenvalue weighted by molar-refractivity contribution is 5.82. The molecule has 132 valence electrons. The van der Waals surface area contributed by atoms with Crippen molar-refractivity contribution < 1.29 is 30.1 Å². The van der Waals surface area contributed by atoms with Crippen LogP contribution >= 0.6 is 0 Å². The summed E-state index contributed by atoms with van der Waals surface area (Å²) in [4.78, 5) is 16.3. The smallest absolute Gasteiger partial charge is 0.239 e. The molecule has 0 spiro atoms. The fourth-order valence-corrected chi connectivity index (χ4v) is 3.05. The van der Waals surface area contributed by atoms with Gasteiger partial charge in [-0.1, -0.05) is 6.07 Å². The Bertz CT molecular complexity index is 604. The number of amides is 1. The Balaban J connectivity index is 1.69. The summed E-state index contributed by atoms with van der Waals surface area (Å²) < 4.78 is 5.08. The van der Waals surface area contributed by atoms with Crippen molar-refractivity contribution >= 4 is 5.91 Å². The lowest BCUT2D eigenvalue weighted by atomic mass is 9.81. The quantitative estimate of drug-likeness (QED) is 0.333. The number of piperidine rings is 1. The third-order valence-corrected chi connectivity index (χ3v) is 4.51.